The van der Waals surface area contributed by atoms with Gasteiger partial charge in [-0.1, -0.05) is 78.9 Å². The number of hydrogen-bond acceptors (Lipinski definition) is 4. The maximum absolute atomic E-state index is 5.29. The molecular weight excluding hydrogens is 468 g/mol. The highest BCUT2D eigenvalue weighted by atomic mass is 28.3. The average Bonchev–Trinajstić information content (AvgIpc) is 3.00. The number of rotatable bonds is 6. The van der Waals surface area contributed by atoms with E-state index >= 15 is 0 Å². The van der Waals surface area contributed by atoms with Crippen LogP contribution in [0.15, 0.2) is 146 Å². The maximum Gasteiger partial charge on any atom is 0.223 e. The van der Waals surface area contributed by atoms with Crippen LogP contribution >= 0.6 is 0 Å². The standard InChI is InChI=1S/C32H24N4Si/c1-3-12-26(13-4-1)37(27-14-5-2-6-15-27,31-19-11-18-30(36-31)29-17-8-10-22-34-29)32-24-25(20-23-35-32)28-16-7-9-21-33-28/h1-24H. The molecule has 0 unspecified atom stereocenters. The number of hydrogen-bond donors (Lipinski definition) is 0. The summed E-state index contributed by atoms with van der Waals surface area (Å²) in [4.78, 5) is 19.5. The molecule has 0 saturated carbocycles. The molecule has 6 rings (SSSR count). The molecule has 0 saturated heterocycles. The summed E-state index contributed by atoms with van der Waals surface area (Å²) >= 11 is 0. The first-order chi connectivity index (χ1) is 18.4. The van der Waals surface area contributed by atoms with Gasteiger partial charge >= 0.3 is 0 Å². The van der Waals surface area contributed by atoms with Gasteiger partial charge in [0.15, 0.2) is 0 Å². The zero-order valence-corrected chi connectivity index (χ0v) is 21.1. The molecule has 0 amide bonds. The Morgan fingerprint density at radius 2 is 1.00 bits per heavy atom. The number of aromatic nitrogens is 4. The van der Waals surface area contributed by atoms with Gasteiger partial charge in [0.25, 0.3) is 0 Å². The van der Waals surface area contributed by atoms with Gasteiger partial charge in [-0.3, -0.25) is 19.9 Å². The largest absolute Gasteiger partial charge is 0.265 e. The van der Waals surface area contributed by atoms with Crippen molar-refractivity contribution in [2.75, 3.05) is 0 Å². The molecule has 6 aromatic rings. The molecule has 0 aliphatic rings. The zero-order chi connectivity index (χ0) is 24.9. The van der Waals surface area contributed by atoms with Gasteiger partial charge in [0, 0.05) is 34.8 Å². The quantitative estimate of drug-likeness (QED) is 0.330. The minimum Gasteiger partial charge on any atom is -0.265 e. The van der Waals surface area contributed by atoms with Crippen LogP contribution in [0.2, 0.25) is 0 Å². The maximum atomic E-state index is 5.29. The molecule has 5 heteroatoms. The zero-order valence-electron chi connectivity index (χ0n) is 20.1. The summed E-state index contributed by atoms with van der Waals surface area (Å²) in [6, 6.07) is 43.8. The number of benzene rings is 2. The Kier molecular flexibility index (Phi) is 6.19. The highest BCUT2D eigenvalue weighted by molar-refractivity contribution is 7.19. The van der Waals surface area contributed by atoms with Gasteiger partial charge in [0.1, 0.15) is 0 Å². The van der Waals surface area contributed by atoms with Crippen molar-refractivity contribution in [1.29, 1.82) is 0 Å². The Bertz CT molecular complexity index is 1480. The van der Waals surface area contributed by atoms with Crippen molar-refractivity contribution in [3.05, 3.63) is 146 Å². The van der Waals surface area contributed by atoms with Gasteiger partial charge in [-0.05, 0) is 58.9 Å². The summed E-state index contributed by atoms with van der Waals surface area (Å²) in [7, 11) is -2.91. The van der Waals surface area contributed by atoms with E-state index in [1.54, 1.807) is 6.20 Å². The summed E-state index contributed by atoms with van der Waals surface area (Å²) in [6.45, 7) is 0. The van der Waals surface area contributed by atoms with Crippen molar-refractivity contribution < 1.29 is 0 Å². The van der Waals surface area contributed by atoms with Gasteiger partial charge in [0.2, 0.25) is 8.07 Å². The molecule has 0 atom stereocenters. The number of nitrogens with zero attached hydrogens (tertiary/aromatic N) is 4. The van der Waals surface area contributed by atoms with Gasteiger partial charge in [-0.15, -0.1) is 0 Å². The molecule has 176 valence electrons. The summed E-state index contributed by atoms with van der Waals surface area (Å²) in [5.41, 5.74) is 3.66. The van der Waals surface area contributed by atoms with Crippen LogP contribution in [0.1, 0.15) is 0 Å². The highest BCUT2D eigenvalue weighted by Crippen LogP contribution is 2.17. The van der Waals surface area contributed by atoms with E-state index in [1.807, 2.05) is 60.9 Å². The molecule has 4 aromatic heterocycles. The Morgan fingerprint density at radius 3 is 1.62 bits per heavy atom. The van der Waals surface area contributed by atoms with Crippen LogP contribution in [0, 0.1) is 0 Å². The van der Waals surface area contributed by atoms with E-state index in [-0.39, 0.29) is 0 Å². The summed E-state index contributed by atoms with van der Waals surface area (Å²) in [5.74, 6) is 0. The van der Waals surface area contributed by atoms with Crippen LogP contribution in [-0.2, 0) is 0 Å². The van der Waals surface area contributed by atoms with E-state index in [4.69, 9.17) is 9.97 Å². The predicted molar refractivity (Wildman–Crippen MR) is 152 cm³/mol. The van der Waals surface area contributed by atoms with Crippen LogP contribution < -0.4 is 21.0 Å². The Morgan fingerprint density at radius 1 is 0.405 bits per heavy atom. The number of pyridine rings is 4. The minimum atomic E-state index is -2.91. The van der Waals surface area contributed by atoms with Gasteiger partial charge < -0.3 is 0 Å². The Hall–Kier alpha value is -4.74. The van der Waals surface area contributed by atoms with Crippen molar-refractivity contribution in [3.63, 3.8) is 0 Å². The van der Waals surface area contributed by atoms with Crippen molar-refractivity contribution >= 4 is 29.1 Å². The lowest BCUT2D eigenvalue weighted by Gasteiger charge is -2.32. The van der Waals surface area contributed by atoms with Crippen LogP contribution in [0.4, 0.5) is 0 Å². The topological polar surface area (TPSA) is 51.6 Å². The lowest BCUT2D eigenvalue weighted by Crippen LogP contribution is -2.76. The van der Waals surface area contributed by atoms with Crippen molar-refractivity contribution in [3.8, 4) is 22.6 Å². The molecule has 0 fully saturated rings. The minimum absolute atomic E-state index is 0.850. The van der Waals surface area contributed by atoms with E-state index in [0.29, 0.717) is 0 Å². The van der Waals surface area contributed by atoms with E-state index < -0.39 is 8.07 Å². The SMILES string of the molecule is c1ccc([Si](c2ccccc2)(c2cc(-c3ccccn3)ccn2)c2cccc(-c3ccccn3)n2)cc1. The lowest BCUT2D eigenvalue weighted by molar-refractivity contribution is 1.26. The van der Waals surface area contributed by atoms with Crippen LogP contribution in [-0.4, -0.2) is 28.0 Å². The lowest BCUT2D eigenvalue weighted by atomic mass is 10.2. The second-order valence-corrected chi connectivity index (χ2v) is 12.4. The summed E-state index contributed by atoms with van der Waals surface area (Å²) < 4.78 is 0. The molecule has 0 N–H and O–H groups in total. The smallest absolute Gasteiger partial charge is 0.223 e. The first-order valence-electron chi connectivity index (χ1n) is 12.2. The fourth-order valence-corrected chi connectivity index (χ4v) is 9.33. The van der Waals surface area contributed by atoms with Crippen molar-refractivity contribution in [2.45, 2.75) is 0 Å². The van der Waals surface area contributed by atoms with Crippen LogP contribution in [0.25, 0.3) is 22.6 Å². The fourth-order valence-electron chi connectivity index (χ4n) is 4.89. The predicted octanol–water partition coefficient (Wildman–Crippen LogP) is 3.98. The fraction of sp³-hybridized carbons (Fsp3) is 0. The Balaban J connectivity index is 1.68. The van der Waals surface area contributed by atoms with E-state index in [0.717, 1.165) is 33.3 Å². The van der Waals surface area contributed by atoms with Crippen molar-refractivity contribution in [2.24, 2.45) is 0 Å². The molecule has 0 spiro atoms. The van der Waals surface area contributed by atoms with Gasteiger partial charge in [-0.25, -0.2) is 0 Å². The first kappa shape index (κ1) is 22.7. The van der Waals surface area contributed by atoms with E-state index in [2.05, 4.69) is 88.8 Å². The molecule has 0 aliphatic carbocycles. The van der Waals surface area contributed by atoms with Crippen LogP contribution in [0.5, 0.6) is 0 Å². The second kappa shape index (κ2) is 10.1. The average molecular weight is 493 g/mol. The van der Waals surface area contributed by atoms with E-state index in [9.17, 15) is 0 Å². The molecule has 0 radical (unpaired) electrons. The van der Waals surface area contributed by atoms with Gasteiger partial charge in [-0.2, -0.15) is 0 Å². The molecule has 4 nitrogen and oxygen atoms in total. The third-order valence-corrected chi connectivity index (χ3v) is 11.1. The monoisotopic (exact) mass is 492 g/mol. The second-order valence-electron chi connectivity index (χ2n) is 8.75. The highest BCUT2D eigenvalue weighted by Gasteiger charge is 2.44. The molecular formula is C32H24N4Si. The first-order valence-corrected chi connectivity index (χ1v) is 14.2. The molecule has 2 aromatic carbocycles. The summed E-state index contributed by atoms with van der Waals surface area (Å²) in [6.07, 6.45) is 5.53. The summed E-state index contributed by atoms with van der Waals surface area (Å²) in [5, 5.41) is 4.47. The van der Waals surface area contributed by atoms with Gasteiger partial charge in [0.05, 0.1) is 17.1 Å². The van der Waals surface area contributed by atoms with Crippen LogP contribution in [0.3, 0.4) is 0 Å². The molecule has 0 bridgehead atoms. The molecule has 4 heterocycles. The normalized spacial score (nSPS) is 11.2. The molecule has 0 aliphatic heterocycles. The third-order valence-electron chi connectivity index (χ3n) is 6.58. The molecule has 37 heavy (non-hydrogen) atoms. The van der Waals surface area contributed by atoms with Crippen molar-refractivity contribution in [1.82, 2.24) is 19.9 Å². The Labute approximate surface area is 217 Å². The van der Waals surface area contributed by atoms with E-state index in [1.165, 1.54) is 10.4 Å². The third kappa shape index (κ3) is 4.26.